The lowest BCUT2D eigenvalue weighted by atomic mass is 9.74. The van der Waals surface area contributed by atoms with Crippen LogP contribution in [0.5, 0.6) is 0 Å². The molecule has 1 aliphatic rings. The summed E-state index contributed by atoms with van der Waals surface area (Å²) in [6.45, 7) is 3.70. The van der Waals surface area contributed by atoms with Crippen LogP contribution in [0.25, 0.3) is 0 Å². The highest BCUT2D eigenvalue weighted by molar-refractivity contribution is 9.25. The van der Waals surface area contributed by atoms with E-state index in [9.17, 15) is 9.59 Å². The highest BCUT2D eigenvalue weighted by Gasteiger charge is 2.53. The predicted molar refractivity (Wildman–Crippen MR) is 64.2 cm³/mol. The topological polar surface area (TPSA) is 43.4 Å². The van der Waals surface area contributed by atoms with Crippen molar-refractivity contribution >= 4 is 43.6 Å². The van der Waals surface area contributed by atoms with Crippen LogP contribution in [0.2, 0.25) is 0 Å². The van der Waals surface area contributed by atoms with Gasteiger partial charge in [-0.1, -0.05) is 31.9 Å². The maximum atomic E-state index is 12.1. The van der Waals surface area contributed by atoms with Crippen molar-refractivity contribution < 1.29 is 14.3 Å². The molecule has 3 nitrogen and oxygen atoms in total. The summed E-state index contributed by atoms with van der Waals surface area (Å²) in [7, 11) is 0. The molecule has 15 heavy (non-hydrogen) atoms. The lowest BCUT2D eigenvalue weighted by molar-refractivity contribution is -0.160. The Morgan fingerprint density at radius 3 is 2.60 bits per heavy atom. The van der Waals surface area contributed by atoms with Crippen LogP contribution in [0.1, 0.15) is 33.1 Å². The van der Waals surface area contributed by atoms with Gasteiger partial charge in [0.15, 0.2) is 5.78 Å². The second-order valence-corrected chi connectivity index (χ2v) is 7.71. The third-order valence-corrected chi connectivity index (χ3v) is 4.24. The van der Waals surface area contributed by atoms with Crippen molar-refractivity contribution in [2.45, 2.75) is 36.3 Å². The van der Waals surface area contributed by atoms with Gasteiger partial charge in [-0.25, -0.2) is 0 Å². The standard InChI is InChI=1S/C10H14Br2O3/c1-3-15-8(14)9(2)5-4-6-10(11,12)7(9)13/h3-6H2,1-2H3. The van der Waals surface area contributed by atoms with Gasteiger partial charge in [-0.05, 0) is 33.1 Å². The lowest BCUT2D eigenvalue weighted by Gasteiger charge is -2.36. The molecule has 0 saturated heterocycles. The van der Waals surface area contributed by atoms with Gasteiger partial charge in [-0.3, -0.25) is 9.59 Å². The number of hydrogen-bond acceptors (Lipinski definition) is 3. The Kier molecular flexibility index (Phi) is 3.98. The second kappa shape index (κ2) is 4.53. The molecular weight excluding hydrogens is 328 g/mol. The molecule has 0 aliphatic heterocycles. The molecule has 0 radical (unpaired) electrons. The molecule has 1 fully saturated rings. The minimum absolute atomic E-state index is 0.139. The first kappa shape index (κ1) is 13.2. The van der Waals surface area contributed by atoms with Gasteiger partial charge in [0.25, 0.3) is 0 Å². The quantitative estimate of drug-likeness (QED) is 0.440. The molecule has 0 aromatic heterocycles. The van der Waals surface area contributed by atoms with Crippen molar-refractivity contribution in [2.75, 3.05) is 6.61 Å². The van der Waals surface area contributed by atoms with E-state index in [1.807, 2.05) is 0 Å². The first-order valence-corrected chi connectivity index (χ1v) is 6.53. The Bertz CT molecular complexity index is 288. The maximum absolute atomic E-state index is 12.1. The Labute approximate surface area is 106 Å². The van der Waals surface area contributed by atoms with E-state index in [2.05, 4.69) is 31.9 Å². The Morgan fingerprint density at radius 1 is 1.47 bits per heavy atom. The van der Waals surface area contributed by atoms with E-state index < -0.39 is 14.6 Å². The molecule has 0 aromatic rings. The summed E-state index contributed by atoms with van der Waals surface area (Å²) >= 11 is 6.62. The molecule has 0 spiro atoms. The maximum Gasteiger partial charge on any atom is 0.319 e. The summed E-state index contributed by atoms with van der Waals surface area (Å²) in [6.07, 6.45) is 2.07. The SMILES string of the molecule is CCOC(=O)C1(C)CCCC(Br)(Br)C1=O. The zero-order valence-electron chi connectivity index (χ0n) is 8.81. The van der Waals surface area contributed by atoms with E-state index in [0.717, 1.165) is 6.42 Å². The lowest BCUT2D eigenvalue weighted by Crippen LogP contribution is -2.48. The molecule has 0 bridgehead atoms. The van der Waals surface area contributed by atoms with Crippen LogP contribution in [0.4, 0.5) is 0 Å². The number of rotatable bonds is 2. The highest BCUT2D eigenvalue weighted by Crippen LogP contribution is 2.46. The molecule has 0 N–H and O–H groups in total. The zero-order valence-corrected chi connectivity index (χ0v) is 12.0. The van der Waals surface area contributed by atoms with Gasteiger partial charge in [0.05, 0.1) is 6.61 Å². The van der Waals surface area contributed by atoms with Gasteiger partial charge >= 0.3 is 5.97 Å². The number of hydrogen-bond donors (Lipinski definition) is 0. The Hall–Kier alpha value is 0.1000. The molecule has 0 heterocycles. The molecule has 1 aliphatic carbocycles. The van der Waals surface area contributed by atoms with Crippen LogP contribution in [-0.2, 0) is 14.3 Å². The third-order valence-electron chi connectivity index (χ3n) is 2.73. The van der Waals surface area contributed by atoms with Crippen LogP contribution in [-0.4, -0.2) is 21.6 Å². The number of Topliss-reactive ketones (excluding diaryl/α,β-unsaturated/α-hetero) is 1. The molecule has 1 saturated carbocycles. The number of carbonyl (C=O) groups excluding carboxylic acids is 2. The minimum atomic E-state index is -1.01. The van der Waals surface area contributed by atoms with Gasteiger partial charge in [-0.2, -0.15) is 0 Å². The van der Waals surface area contributed by atoms with Crippen LogP contribution in [0.3, 0.4) is 0 Å². The second-order valence-electron chi connectivity index (χ2n) is 3.94. The average Bonchev–Trinajstić information content (AvgIpc) is 2.14. The fourth-order valence-corrected chi connectivity index (χ4v) is 3.22. The van der Waals surface area contributed by atoms with Crippen molar-refractivity contribution in [1.29, 1.82) is 0 Å². The summed E-state index contributed by atoms with van der Waals surface area (Å²) in [4.78, 5) is 23.8. The molecule has 5 heteroatoms. The fraction of sp³-hybridized carbons (Fsp3) is 0.800. The van der Waals surface area contributed by atoms with E-state index in [0.29, 0.717) is 19.4 Å². The summed E-state index contributed by atoms with van der Waals surface area (Å²) in [5, 5.41) is 0. The smallest absolute Gasteiger partial charge is 0.319 e. The van der Waals surface area contributed by atoms with Crippen LogP contribution < -0.4 is 0 Å². The molecule has 1 rings (SSSR count). The van der Waals surface area contributed by atoms with Crippen LogP contribution >= 0.6 is 31.9 Å². The Morgan fingerprint density at radius 2 is 2.07 bits per heavy atom. The Balaban J connectivity index is 2.92. The van der Waals surface area contributed by atoms with Gasteiger partial charge in [0, 0.05) is 0 Å². The molecule has 86 valence electrons. The molecule has 0 amide bonds. The highest BCUT2D eigenvalue weighted by atomic mass is 79.9. The number of alkyl halides is 2. The first-order valence-electron chi connectivity index (χ1n) is 4.94. The van der Waals surface area contributed by atoms with E-state index in [4.69, 9.17) is 4.74 Å². The van der Waals surface area contributed by atoms with Crippen molar-refractivity contribution in [3.63, 3.8) is 0 Å². The molecule has 0 aromatic carbocycles. The number of carbonyl (C=O) groups is 2. The summed E-state index contributed by atoms with van der Waals surface area (Å²) in [5.41, 5.74) is -1.01. The van der Waals surface area contributed by atoms with E-state index in [1.165, 1.54) is 0 Å². The summed E-state index contributed by atoms with van der Waals surface area (Å²) < 4.78 is 4.18. The number of ether oxygens (including phenoxy) is 1. The van der Waals surface area contributed by atoms with Gasteiger partial charge in [0.1, 0.15) is 8.65 Å². The monoisotopic (exact) mass is 340 g/mol. The van der Waals surface area contributed by atoms with Gasteiger partial charge in [-0.15, -0.1) is 0 Å². The number of ketones is 1. The number of halogens is 2. The van der Waals surface area contributed by atoms with E-state index in [1.54, 1.807) is 13.8 Å². The molecular formula is C10H14Br2O3. The predicted octanol–water partition coefficient (Wildman–Crippen LogP) is 2.79. The molecule has 1 atom stereocenters. The van der Waals surface area contributed by atoms with Crippen molar-refractivity contribution in [3.05, 3.63) is 0 Å². The molecule has 1 unspecified atom stereocenters. The van der Waals surface area contributed by atoms with Gasteiger partial charge < -0.3 is 4.74 Å². The van der Waals surface area contributed by atoms with Crippen molar-refractivity contribution in [3.8, 4) is 0 Å². The minimum Gasteiger partial charge on any atom is -0.465 e. The largest absolute Gasteiger partial charge is 0.465 e. The van der Waals surface area contributed by atoms with E-state index >= 15 is 0 Å². The van der Waals surface area contributed by atoms with Gasteiger partial charge in [0.2, 0.25) is 0 Å². The third kappa shape index (κ3) is 2.44. The van der Waals surface area contributed by atoms with Crippen LogP contribution in [0.15, 0.2) is 0 Å². The van der Waals surface area contributed by atoms with Crippen molar-refractivity contribution in [1.82, 2.24) is 0 Å². The normalized spacial score (nSPS) is 30.0. The fourth-order valence-electron chi connectivity index (χ4n) is 1.78. The first-order chi connectivity index (χ1) is 6.84. The average molecular weight is 342 g/mol. The number of esters is 1. The summed E-state index contributed by atoms with van der Waals surface area (Å²) in [6, 6.07) is 0. The zero-order chi connectivity index (χ0) is 11.7. The summed E-state index contributed by atoms with van der Waals surface area (Å²) in [5.74, 6) is -0.558. The van der Waals surface area contributed by atoms with Crippen LogP contribution in [0, 0.1) is 5.41 Å². The van der Waals surface area contributed by atoms with Crippen molar-refractivity contribution in [2.24, 2.45) is 5.41 Å². The van der Waals surface area contributed by atoms with E-state index in [-0.39, 0.29) is 5.78 Å².